The standard InChI is InChI=1S/C18H30N4O.HI/c1-19-18(20-11-10-16-7-4-3-5-8-16)21-15-17-9-6-12-22(17)13-14-23-2;/h3-5,7-8,17H,6,9-15H2,1-2H3,(H2,19,20,21);1H. The second-order valence-corrected chi connectivity index (χ2v) is 5.94. The van der Waals surface area contributed by atoms with Crippen LogP contribution in [0.15, 0.2) is 35.3 Å². The third-order valence-electron chi connectivity index (χ3n) is 4.36. The number of hydrogen-bond acceptors (Lipinski definition) is 3. The van der Waals surface area contributed by atoms with Gasteiger partial charge in [-0.1, -0.05) is 30.3 Å². The second kappa shape index (κ2) is 12.5. The summed E-state index contributed by atoms with van der Waals surface area (Å²) in [7, 11) is 3.59. The predicted molar refractivity (Wildman–Crippen MR) is 111 cm³/mol. The van der Waals surface area contributed by atoms with Gasteiger partial charge in [0.2, 0.25) is 0 Å². The number of benzene rings is 1. The van der Waals surface area contributed by atoms with Crippen molar-refractivity contribution < 1.29 is 4.74 Å². The van der Waals surface area contributed by atoms with Crippen molar-refractivity contribution in [3.63, 3.8) is 0 Å². The predicted octanol–water partition coefficient (Wildman–Crippen LogP) is 2.12. The average molecular weight is 446 g/mol. The van der Waals surface area contributed by atoms with Crippen molar-refractivity contribution in [2.45, 2.75) is 25.3 Å². The molecule has 136 valence electrons. The van der Waals surface area contributed by atoms with E-state index in [1.165, 1.54) is 24.9 Å². The maximum Gasteiger partial charge on any atom is 0.191 e. The van der Waals surface area contributed by atoms with E-state index >= 15 is 0 Å². The summed E-state index contributed by atoms with van der Waals surface area (Å²) in [4.78, 5) is 6.83. The Morgan fingerprint density at radius 3 is 2.79 bits per heavy atom. The quantitative estimate of drug-likeness (QED) is 0.365. The topological polar surface area (TPSA) is 48.9 Å². The number of methoxy groups -OCH3 is 1. The van der Waals surface area contributed by atoms with Gasteiger partial charge in [0.1, 0.15) is 0 Å². The molecule has 2 N–H and O–H groups in total. The number of ether oxygens (including phenoxy) is 1. The number of hydrogen-bond donors (Lipinski definition) is 2. The molecule has 1 aromatic rings. The van der Waals surface area contributed by atoms with Gasteiger partial charge in [0.15, 0.2) is 5.96 Å². The van der Waals surface area contributed by atoms with Gasteiger partial charge in [-0.05, 0) is 31.4 Å². The van der Waals surface area contributed by atoms with Crippen molar-refractivity contribution in [2.24, 2.45) is 4.99 Å². The van der Waals surface area contributed by atoms with E-state index in [4.69, 9.17) is 4.74 Å². The molecule has 0 saturated carbocycles. The van der Waals surface area contributed by atoms with Gasteiger partial charge in [0.05, 0.1) is 6.61 Å². The molecule has 1 heterocycles. The van der Waals surface area contributed by atoms with E-state index in [0.717, 1.165) is 38.6 Å². The molecule has 0 bridgehead atoms. The molecular weight excluding hydrogens is 415 g/mol. The Hall–Kier alpha value is -0.860. The summed E-state index contributed by atoms with van der Waals surface area (Å²) in [6.07, 6.45) is 3.53. The van der Waals surface area contributed by atoms with Crippen molar-refractivity contribution in [1.82, 2.24) is 15.5 Å². The average Bonchev–Trinajstić information content (AvgIpc) is 3.04. The highest BCUT2D eigenvalue weighted by Gasteiger charge is 2.23. The highest BCUT2D eigenvalue weighted by molar-refractivity contribution is 14.0. The van der Waals surface area contributed by atoms with Crippen molar-refractivity contribution in [1.29, 1.82) is 0 Å². The summed E-state index contributed by atoms with van der Waals surface area (Å²) in [5.74, 6) is 0.888. The van der Waals surface area contributed by atoms with Crippen LogP contribution in [-0.2, 0) is 11.2 Å². The molecule has 6 heteroatoms. The van der Waals surface area contributed by atoms with E-state index in [9.17, 15) is 0 Å². The van der Waals surface area contributed by atoms with Gasteiger partial charge in [-0.3, -0.25) is 9.89 Å². The van der Waals surface area contributed by atoms with Crippen molar-refractivity contribution in [2.75, 3.05) is 46.9 Å². The van der Waals surface area contributed by atoms with Crippen LogP contribution in [0.5, 0.6) is 0 Å². The van der Waals surface area contributed by atoms with E-state index in [0.29, 0.717) is 6.04 Å². The van der Waals surface area contributed by atoms with Gasteiger partial charge >= 0.3 is 0 Å². The minimum absolute atomic E-state index is 0. The molecule has 1 saturated heterocycles. The van der Waals surface area contributed by atoms with Gasteiger partial charge in [0, 0.05) is 39.8 Å². The first-order valence-corrected chi connectivity index (χ1v) is 8.55. The molecule has 0 aromatic heterocycles. The van der Waals surface area contributed by atoms with Crippen LogP contribution in [0.2, 0.25) is 0 Å². The third kappa shape index (κ3) is 7.36. The molecule has 24 heavy (non-hydrogen) atoms. The number of nitrogens with zero attached hydrogens (tertiary/aromatic N) is 2. The lowest BCUT2D eigenvalue weighted by molar-refractivity contribution is 0.141. The Morgan fingerprint density at radius 1 is 1.29 bits per heavy atom. The number of nitrogens with one attached hydrogen (secondary N) is 2. The van der Waals surface area contributed by atoms with E-state index in [-0.39, 0.29) is 24.0 Å². The molecule has 1 atom stereocenters. The maximum absolute atomic E-state index is 5.20. The summed E-state index contributed by atoms with van der Waals surface area (Å²) < 4.78 is 5.20. The Labute approximate surface area is 163 Å². The van der Waals surface area contributed by atoms with Gasteiger partial charge in [-0.25, -0.2) is 0 Å². The monoisotopic (exact) mass is 446 g/mol. The first-order chi connectivity index (χ1) is 11.3. The van der Waals surface area contributed by atoms with Crippen molar-refractivity contribution >= 4 is 29.9 Å². The first kappa shape index (κ1) is 21.2. The van der Waals surface area contributed by atoms with Gasteiger partial charge < -0.3 is 15.4 Å². The molecule has 0 aliphatic carbocycles. The van der Waals surface area contributed by atoms with E-state index < -0.39 is 0 Å². The summed E-state index contributed by atoms with van der Waals surface area (Å²) in [5.41, 5.74) is 1.34. The molecule has 1 unspecified atom stereocenters. The zero-order chi connectivity index (χ0) is 16.3. The number of aliphatic imine (C=N–C) groups is 1. The zero-order valence-electron chi connectivity index (χ0n) is 14.8. The fourth-order valence-corrected chi connectivity index (χ4v) is 3.03. The second-order valence-electron chi connectivity index (χ2n) is 5.94. The van der Waals surface area contributed by atoms with Gasteiger partial charge in [0.25, 0.3) is 0 Å². The van der Waals surface area contributed by atoms with Crippen LogP contribution in [0.4, 0.5) is 0 Å². The van der Waals surface area contributed by atoms with Crippen LogP contribution in [0.25, 0.3) is 0 Å². The minimum Gasteiger partial charge on any atom is -0.383 e. The maximum atomic E-state index is 5.20. The molecule has 0 amide bonds. The Balaban J connectivity index is 0.00000288. The number of halogens is 1. The van der Waals surface area contributed by atoms with Crippen LogP contribution >= 0.6 is 24.0 Å². The molecule has 0 spiro atoms. The van der Waals surface area contributed by atoms with E-state index in [2.05, 4.69) is 44.8 Å². The minimum atomic E-state index is 0. The summed E-state index contributed by atoms with van der Waals surface area (Å²) in [5, 5.41) is 6.86. The Bertz CT molecular complexity index is 469. The molecule has 5 nitrogen and oxygen atoms in total. The normalized spacial score (nSPS) is 18.2. The van der Waals surface area contributed by atoms with E-state index in [1.54, 1.807) is 7.11 Å². The zero-order valence-corrected chi connectivity index (χ0v) is 17.2. The molecule has 1 aromatic carbocycles. The summed E-state index contributed by atoms with van der Waals surface area (Å²) in [6.45, 7) is 4.83. The van der Waals surface area contributed by atoms with Crippen LogP contribution in [0, 0.1) is 0 Å². The van der Waals surface area contributed by atoms with Crippen molar-refractivity contribution in [3.05, 3.63) is 35.9 Å². The molecule has 1 aliphatic heterocycles. The van der Waals surface area contributed by atoms with E-state index in [1.807, 2.05) is 13.1 Å². The molecule has 1 aliphatic rings. The third-order valence-corrected chi connectivity index (χ3v) is 4.36. The summed E-state index contributed by atoms with van der Waals surface area (Å²) in [6, 6.07) is 11.1. The van der Waals surface area contributed by atoms with Crippen LogP contribution in [0.1, 0.15) is 18.4 Å². The first-order valence-electron chi connectivity index (χ1n) is 8.55. The lowest BCUT2D eigenvalue weighted by Crippen LogP contribution is -2.45. The number of guanidine groups is 1. The fourth-order valence-electron chi connectivity index (χ4n) is 3.03. The summed E-state index contributed by atoms with van der Waals surface area (Å²) >= 11 is 0. The highest BCUT2D eigenvalue weighted by Crippen LogP contribution is 2.15. The number of rotatable bonds is 8. The lowest BCUT2D eigenvalue weighted by Gasteiger charge is -2.25. The molecule has 0 radical (unpaired) electrons. The molecule has 2 rings (SSSR count). The lowest BCUT2D eigenvalue weighted by atomic mass is 10.1. The van der Waals surface area contributed by atoms with Crippen LogP contribution in [-0.4, -0.2) is 63.8 Å². The Kier molecular flexibility index (Phi) is 11.0. The van der Waals surface area contributed by atoms with Crippen LogP contribution < -0.4 is 10.6 Å². The fraction of sp³-hybridized carbons (Fsp3) is 0.611. The largest absolute Gasteiger partial charge is 0.383 e. The smallest absolute Gasteiger partial charge is 0.191 e. The SMILES string of the molecule is CN=C(NCCc1ccccc1)NCC1CCCN1CCOC.I. The molecular formula is C18H31IN4O. The van der Waals surface area contributed by atoms with Gasteiger partial charge in [-0.2, -0.15) is 0 Å². The molecule has 1 fully saturated rings. The highest BCUT2D eigenvalue weighted by atomic mass is 127. The number of likely N-dealkylation sites (tertiary alicyclic amines) is 1. The Morgan fingerprint density at radius 2 is 2.08 bits per heavy atom. The van der Waals surface area contributed by atoms with Crippen molar-refractivity contribution in [3.8, 4) is 0 Å². The van der Waals surface area contributed by atoms with Crippen LogP contribution in [0.3, 0.4) is 0 Å². The van der Waals surface area contributed by atoms with Gasteiger partial charge in [-0.15, -0.1) is 24.0 Å².